The molecule has 156 valence electrons. The van der Waals surface area contributed by atoms with Crippen LogP contribution in [0.25, 0.3) is 6.08 Å². The molecule has 1 amide bonds. The van der Waals surface area contributed by atoms with Crippen molar-refractivity contribution in [3.05, 3.63) is 35.0 Å². The van der Waals surface area contributed by atoms with E-state index in [1.54, 1.807) is 39.5 Å². The van der Waals surface area contributed by atoms with Crippen molar-refractivity contribution in [2.45, 2.75) is 37.8 Å². The molecule has 0 bridgehead atoms. The molecule has 0 saturated carbocycles. The zero-order chi connectivity index (χ0) is 21.2. The molecule has 2 aromatic rings. The number of amides is 1. The van der Waals surface area contributed by atoms with Crippen LogP contribution in [-0.4, -0.2) is 37.0 Å². The van der Waals surface area contributed by atoms with Crippen LogP contribution < -0.4 is 19.5 Å². The number of thioether (sulfide) groups is 1. The van der Waals surface area contributed by atoms with Gasteiger partial charge in [-0.05, 0) is 44.5 Å². The van der Waals surface area contributed by atoms with Crippen molar-refractivity contribution in [3.63, 3.8) is 0 Å². The Morgan fingerprint density at radius 1 is 1.14 bits per heavy atom. The molecule has 0 saturated heterocycles. The van der Waals surface area contributed by atoms with E-state index in [1.165, 1.54) is 6.08 Å². The van der Waals surface area contributed by atoms with Crippen molar-refractivity contribution in [1.82, 2.24) is 9.78 Å². The molecule has 3 rings (SSSR count). The summed E-state index contributed by atoms with van der Waals surface area (Å²) in [6.45, 7) is 6.22. The number of carbonyl (C=O) groups is 1. The summed E-state index contributed by atoms with van der Waals surface area (Å²) >= 11 is 1.81. The van der Waals surface area contributed by atoms with E-state index in [9.17, 15) is 4.79 Å². The lowest BCUT2D eigenvalue weighted by Crippen LogP contribution is -2.26. The number of aromatic nitrogens is 2. The molecule has 2 heterocycles. The van der Waals surface area contributed by atoms with Gasteiger partial charge in [-0.15, -0.1) is 0 Å². The summed E-state index contributed by atoms with van der Waals surface area (Å²) in [5.41, 5.74) is 2.70. The monoisotopic (exact) mass is 417 g/mol. The van der Waals surface area contributed by atoms with Crippen molar-refractivity contribution in [2.24, 2.45) is 0 Å². The fraction of sp³-hybridized carbons (Fsp3) is 0.429. The maximum absolute atomic E-state index is 12.7. The quantitative estimate of drug-likeness (QED) is 0.715. The van der Waals surface area contributed by atoms with E-state index < -0.39 is 0 Å². The minimum absolute atomic E-state index is 0.219. The first-order valence-corrected chi connectivity index (χ1v) is 10.4. The SMILES string of the molecule is COc1cc(C=CC(=O)Nc2c3c(nn2C(C)(C)C)CSC3)cc(OC)c1OC. The maximum atomic E-state index is 12.7. The van der Waals surface area contributed by atoms with Gasteiger partial charge in [-0.25, -0.2) is 4.68 Å². The third-order valence-corrected chi connectivity index (χ3v) is 5.51. The van der Waals surface area contributed by atoms with Gasteiger partial charge in [0.2, 0.25) is 11.7 Å². The zero-order valence-electron chi connectivity index (χ0n) is 17.7. The number of methoxy groups -OCH3 is 3. The third-order valence-electron chi connectivity index (χ3n) is 4.54. The summed E-state index contributed by atoms with van der Waals surface area (Å²) in [6, 6.07) is 3.58. The van der Waals surface area contributed by atoms with Gasteiger partial charge in [0.05, 0.1) is 32.6 Å². The van der Waals surface area contributed by atoms with Gasteiger partial charge in [0, 0.05) is 23.1 Å². The summed E-state index contributed by atoms with van der Waals surface area (Å²) in [7, 11) is 4.67. The molecule has 1 aliphatic rings. The number of fused-ring (bicyclic) bond motifs is 1. The second kappa shape index (κ2) is 8.41. The largest absolute Gasteiger partial charge is 0.493 e. The molecule has 0 radical (unpaired) electrons. The first-order valence-electron chi connectivity index (χ1n) is 9.26. The van der Waals surface area contributed by atoms with Crippen molar-refractivity contribution in [1.29, 1.82) is 0 Å². The summed E-state index contributed by atoms with van der Waals surface area (Å²) in [5, 5.41) is 7.73. The highest BCUT2D eigenvalue weighted by molar-refractivity contribution is 7.98. The lowest BCUT2D eigenvalue weighted by atomic mass is 10.1. The summed E-state index contributed by atoms with van der Waals surface area (Å²) in [6.07, 6.45) is 3.21. The van der Waals surface area contributed by atoms with Crippen LogP contribution in [0.4, 0.5) is 5.82 Å². The van der Waals surface area contributed by atoms with E-state index in [2.05, 4.69) is 26.1 Å². The Morgan fingerprint density at radius 2 is 1.79 bits per heavy atom. The molecule has 8 heteroatoms. The van der Waals surface area contributed by atoms with Crippen LogP contribution in [0.15, 0.2) is 18.2 Å². The normalized spacial score (nSPS) is 13.4. The molecule has 0 aliphatic carbocycles. The van der Waals surface area contributed by atoms with E-state index in [0.717, 1.165) is 34.1 Å². The molecule has 1 aromatic heterocycles. The molecular formula is C21H27N3O4S. The number of carbonyl (C=O) groups excluding carboxylic acids is 1. The van der Waals surface area contributed by atoms with Crippen molar-refractivity contribution in [3.8, 4) is 17.2 Å². The van der Waals surface area contributed by atoms with Gasteiger partial charge < -0.3 is 19.5 Å². The summed E-state index contributed by atoms with van der Waals surface area (Å²) < 4.78 is 18.0. The molecule has 1 aromatic carbocycles. The van der Waals surface area contributed by atoms with E-state index in [1.807, 2.05) is 16.4 Å². The smallest absolute Gasteiger partial charge is 0.249 e. The molecule has 0 unspecified atom stereocenters. The summed E-state index contributed by atoms with van der Waals surface area (Å²) in [4.78, 5) is 12.7. The number of benzene rings is 1. The lowest BCUT2D eigenvalue weighted by Gasteiger charge is -2.23. The predicted molar refractivity (Wildman–Crippen MR) is 116 cm³/mol. The fourth-order valence-corrected chi connectivity index (χ4v) is 4.19. The number of ether oxygens (including phenoxy) is 3. The molecule has 7 nitrogen and oxygen atoms in total. The molecular weight excluding hydrogens is 390 g/mol. The van der Waals surface area contributed by atoms with Crippen LogP contribution in [0, 0.1) is 0 Å². The van der Waals surface area contributed by atoms with Gasteiger partial charge in [-0.3, -0.25) is 4.79 Å². The Bertz CT molecular complexity index is 919. The van der Waals surface area contributed by atoms with Gasteiger partial charge in [0.15, 0.2) is 11.5 Å². The molecule has 0 atom stereocenters. The highest BCUT2D eigenvalue weighted by atomic mass is 32.2. The highest BCUT2D eigenvalue weighted by Gasteiger charge is 2.28. The number of hydrogen-bond acceptors (Lipinski definition) is 6. The molecule has 1 aliphatic heterocycles. The average Bonchev–Trinajstić information content (AvgIpc) is 3.27. The van der Waals surface area contributed by atoms with E-state index >= 15 is 0 Å². The minimum atomic E-state index is -0.224. The standard InChI is InChI=1S/C21H27N3O4S/c1-21(2,3)24-20(14-11-29-12-15(14)23-24)22-18(25)8-7-13-9-16(26-4)19(28-6)17(10-13)27-5/h7-10H,11-12H2,1-6H3,(H,22,25). The number of anilines is 1. The van der Waals surface area contributed by atoms with E-state index in [4.69, 9.17) is 19.3 Å². The van der Waals surface area contributed by atoms with Crippen LogP contribution in [0.5, 0.6) is 17.2 Å². The van der Waals surface area contributed by atoms with Crippen LogP contribution in [-0.2, 0) is 21.8 Å². The Hall–Kier alpha value is -2.61. The first-order chi connectivity index (χ1) is 13.8. The van der Waals surface area contributed by atoms with Crippen LogP contribution in [0.2, 0.25) is 0 Å². The van der Waals surface area contributed by atoms with Gasteiger partial charge in [-0.1, -0.05) is 0 Å². The van der Waals surface area contributed by atoms with Gasteiger partial charge in [-0.2, -0.15) is 16.9 Å². The molecule has 0 fully saturated rings. The van der Waals surface area contributed by atoms with Crippen LogP contribution in [0.1, 0.15) is 37.6 Å². The topological polar surface area (TPSA) is 74.6 Å². The van der Waals surface area contributed by atoms with Crippen molar-refractivity contribution in [2.75, 3.05) is 26.6 Å². The Labute approximate surface area is 175 Å². The molecule has 1 N–H and O–H groups in total. The summed E-state index contributed by atoms with van der Waals surface area (Å²) in [5.74, 6) is 3.87. The van der Waals surface area contributed by atoms with Crippen molar-refractivity contribution >= 4 is 29.6 Å². The molecule has 29 heavy (non-hydrogen) atoms. The molecule has 0 spiro atoms. The zero-order valence-corrected chi connectivity index (χ0v) is 18.5. The Morgan fingerprint density at radius 3 is 2.34 bits per heavy atom. The first kappa shape index (κ1) is 21.1. The Kier molecular flexibility index (Phi) is 6.12. The number of nitrogens with zero attached hydrogens (tertiary/aromatic N) is 2. The minimum Gasteiger partial charge on any atom is -0.493 e. The van der Waals surface area contributed by atoms with Gasteiger partial charge in [0.25, 0.3) is 0 Å². The lowest BCUT2D eigenvalue weighted by molar-refractivity contribution is -0.111. The number of nitrogens with one attached hydrogen (secondary N) is 1. The number of hydrogen-bond donors (Lipinski definition) is 1. The highest BCUT2D eigenvalue weighted by Crippen LogP contribution is 2.39. The average molecular weight is 418 g/mol. The van der Waals surface area contributed by atoms with Crippen LogP contribution in [0.3, 0.4) is 0 Å². The van der Waals surface area contributed by atoms with Gasteiger partial charge >= 0.3 is 0 Å². The Balaban J connectivity index is 1.85. The van der Waals surface area contributed by atoms with Gasteiger partial charge in [0.1, 0.15) is 5.82 Å². The van der Waals surface area contributed by atoms with Crippen LogP contribution >= 0.6 is 11.8 Å². The predicted octanol–water partition coefficient (Wildman–Crippen LogP) is 4.06. The second-order valence-corrected chi connectivity index (χ2v) is 8.62. The second-order valence-electron chi connectivity index (χ2n) is 7.63. The maximum Gasteiger partial charge on any atom is 0.249 e. The van der Waals surface area contributed by atoms with E-state index in [-0.39, 0.29) is 11.4 Å². The van der Waals surface area contributed by atoms with E-state index in [0.29, 0.717) is 17.2 Å². The number of rotatable bonds is 6. The van der Waals surface area contributed by atoms with Crippen molar-refractivity contribution < 1.29 is 19.0 Å². The third kappa shape index (κ3) is 4.37. The fourth-order valence-electron chi connectivity index (χ4n) is 3.15.